The van der Waals surface area contributed by atoms with E-state index in [4.69, 9.17) is 20.9 Å². The highest BCUT2D eigenvalue weighted by Crippen LogP contribution is 2.22. The van der Waals surface area contributed by atoms with Gasteiger partial charge in [0.25, 0.3) is 5.91 Å². The van der Waals surface area contributed by atoms with Crippen molar-refractivity contribution in [1.82, 2.24) is 15.0 Å². The zero-order chi connectivity index (χ0) is 23.9. The number of aromatic nitrogens is 2. The van der Waals surface area contributed by atoms with Gasteiger partial charge in [-0.2, -0.15) is 4.98 Å². The van der Waals surface area contributed by atoms with Gasteiger partial charge in [0, 0.05) is 28.3 Å². The first-order valence-electron chi connectivity index (χ1n) is 11.2. The number of hydrogen-bond donors (Lipinski definition) is 0. The molecule has 3 aromatic carbocycles. The second-order valence-electron chi connectivity index (χ2n) is 8.02. The van der Waals surface area contributed by atoms with Crippen LogP contribution in [0.5, 0.6) is 5.75 Å². The maximum atomic E-state index is 13.3. The minimum absolute atomic E-state index is 0.125. The van der Waals surface area contributed by atoms with E-state index >= 15 is 0 Å². The third kappa shape index (κ3) is 5.83. The zero-order valence-electron chi connectivity index (χ0n) is 19.2. The van der Waals surface area contributed by atoms with Crippen LogP contribution in [-0.4, -0.2) is 27.5 Å². The van der Waals surface area contributed by atoms with Crippen molar-refractivity contribution in [2.45, 2.75) is 33.4 Å². The minimum atomic E-state index is -0.125. The molecule has 0 saturated heterocycles. The Bertz CT molecular complexity index is 1270. The topological polar surface area (TPSA) is 68.5 Å². The number of benzene rings is 3. The van der Waals surface area contributed by atoms with E-state index in [0.717, 1.165) is 23.1 Å². The Hall–Kier alpha value is -3.64. The monoisotopic (exact) mass is 475 g/mol. The van der Waals surface area contributed by atoms with Crippen molar-refractivity contribution < 1.29 is 14.1 Å². The van der Waals surface area contributed by atoms with Crippen LogP contribution >= 0.6 is 11.6 Å². The van der Waals surface area contributed by atoms with E-state index in [2.05, 4.69) is 10.1 Å². The molecule has 0 bridgehead atoms. The second-order valence-corrected chi connectivity index (χ2v) is 8.42. The van der Waals surface area contributed by atoms with E-state index in [1.54, 1.807) is 17.0 Å². The van der Waals surface area contributed by atoms with E-state index in [0.29, 0.717) is 41.2 Å². The third-order valence-corrected chi connectivity index (χ3v) is 5.65. The van der Waals surface area contributed by atoms with E-state index in [9.17, 15) is 4.79 Å². The summed E-state index contributed by atoms with van der Waals surface area (Å²) in [4.78, 5) is 19.5. The molecule has 34 heavy (non-hydrogen) atoms. The number of carbonyl (C=O) groups excluding carboxylic acids is 1. The first-order chi connectivity index (χ1) is 16.5. The lowest BCUT2D eigenvalue weighted by Gasteiger charge is -2.20. The average Bonchev–Trinajstić information content (AvgIpc) is 3.32. The predicted octanol–water partition coefficient (Wildman–Crippen LogP) is 6.33. The predicted molar refractivity (Wildman–Crippen MR) is 132 cm³/mol. The number of hydrogen-bond acceptors (Lipinski definition) is 5. The van der Waals surface area contributed by atoms with Gasteiger partial charge >= 0.3 is 0 Å². The average molecular weight is 476 g/mol. The van der Waals surface area contributed by atoms with Gasteiger partial charge in [-0.05, 0) is 43.7 Å². The van der Waals surface area contributed by atoms with Crippen LogP contribution in [0.2, 0.25) is 5.02 Å². The van der Waals surface area contributed by atoms with Gasteiger partial charge < -0.3 is 14.2 Å². The molecule has 4 aromatic rings. The van der Waals surface area contributed by atoms with Crippen LogP contribution in [0.4, 0.5) is 0 Å². The van der Waals surface area contributed by atoms with Crippen LogP contribution < -0.4 is 4.74 Å². The Morgan fingerprint density at radius 2 is 1.88 bits per heavy atom. The van der Waals surface area contributed by atoms with Crippen molar-refractivity contribution in [3.63, 3.8) is 0 Å². The number of rotatable bonds is 9. The van der Waals surface area contributed by atoms with Gasteiger partial charge in [0.1, 0.15) is 18.9 Å². The Labute approximate surface area is 204 Å². The number of amides is 1. The normalized spacial score (nSPS) is 10.8. The van der Waals surface area contributed by atoms with Crippen LogP contribution in [0, 0.1) is 6.92 Å². The molecule has 0 aliphatic rings. The summed E-state index contributed by atoms with van der Waals surface area (Å²) in [6.07, 6.45) is 0.799. The fraction of sp³-hybridized carbons (Fsp3) is 0.222. The van der Waals surface area contributed by atoms with E-state index in [-0.39, 0.29) is 12.5 Å². The number of carbonyl (C=O) groups is 1. The summed E-state index contributed by atoms with van der Waals surface area (Å²) in [6.45, 7) is 5.15. The van der Waals surface area contributed by atoms with Gasteiger partial charge in [-0.15, -0.1) is 0 Å². The molecule has 0 N–H and O–H groups in total. The third-order valence-electron chi connectivity index (χ3n) is 5.28. The van der Waals surface area contributed by atoms with Crippen LogP contribution in [0.15, 0.2) is 77.3 Å². The summed E-state index contributed by atoms with van der Waals surface area (Å²) in [6, 6.07) is 22.6. The molecule has 0 radical (unpaired) electrons. The molecular formula is C27H26ClN3O3. The standard InChI is InChI=1S/C27H26ClN3O3/c1-3-14-31(17-25-29-26(30-34-25)20-10-6-8-19(2)15-20)27(32)21-11-7-12-23(16-21)33-18-22-9-4-5-13-24(22)28/h4-13,15-16H,3,14,17-18H2,1-2H3. The molecule has 1 heterocycles. The highest BCUT2D eigenvalue weighted by molar-refractivity contribution is 6.31. The molecule has 0 fully saturated rings. The summed E-state index contributed by atoms with van der Waals surface area (Å²) in [5.74, 6) is 1.38. The van der Waals surface area contributed by atoms with Crippen molar-refractivity contribution in [2.24, 2.45) is 0 Å². The smallest absolute Gasteiger partial charge is 0.254 e. The van der Waals surface area contributed by atoms with Gasteiger partial charge in [0.05, 0.1) is 0 Å². The first kappa shape index (κ1) is 23.5. The maximum Gasteiger partial charge on any atom is 0.254 e. The van der Waals surface area contributed by atoms with Crippen molar-refractivity contribution in [3.8, 4) is 17.1 Å². The van der Waals surface area contributed by atoms with Gasteiger partial charge in [-0.3, -0.25) is 4.79 Å². The lowest BCUT2D eigenvalue weighted by molar-refractivity contribution is 0.0724. The lowest BCUT2D eigenvalue weighted by Crippen LogP contribution is -2.31. The van der Waals surface area contributed by atoms with Crippen LogP contribution in [0.1, 0.15) is 40.7 Å². The molecule has 4 rings (SSSR count). The summed E-state index contributed by atoms with van der Waals surface area (Å²) in [5, 5.41) is 4.74. The molecule has 7 heteroatoms. The van der Waals surface area contributed by atoms with Gasteiger partial charge in [0.2, 0.25) is 11.7 Å². The van der Waals surface area contributed by atoms with Crippen LogP contribution in [-0.2, 0) is 13.2 Å². The van der Waals surface area contributed by atoms with Crippen molar-refractivity contribution >= 4 is 17.5 Å². The Morgan fingerprint density at radius 3 is 2.68 bits per heavy atom. The first-order valence-corrected chi connectivity index (χ1v) is 11.6. The molecule has 1 amide bonds. The largest absolute Gasteiger partial charge is 0.489 e. The second kappa shape index (κ2) is 11.0. The minimum Gasteiger partial charge on any atom is -0.489 e. The molecule has 0 atom stereocenters. The molecular weight excluding hydrogens is 450 g/mol. The number of ether oxygens (including phenoxy) is 1. The van der Waals surface area contributed by atoms with E-state index < -0.39 is 0 Å². The van der Waals surface area contributed by atoms with E-state index in [1.165, 1.54) is 0 Å². The van der Waals surface area contributed by atoms with Crippen molar-refractivity contribution in [2.75, 3.05) is 6.54 Å². The molecule has 0 aliphatic heterocycles. The maximum absolute atomic E-state index is 13.3. The van der Waals surface area contributed by atoms with Crippen molar-refractivity contribution in [3.05, 3.63) is 100 Å². The fourth-order valence-electron chi connectivity index (χ4n) is 3.58. The molecule has 174 valence electrons. The summed E-state index contributed by atoms with van der Waals surface area (Å²) in [7, 11) is 0. The van der Waals surface area contributed by atoms with Gasteiger partial charge in [0.15, 0.2) is 0 Å². The van der Waals surface area contributed by atoms with E-state index in [1.807, 2.05) is 74.5 Å². The SMILES string of the molecule is CCCN(Cc1nc(-c2cccc(C)c2)no1)C(=O)c1cccc(OCc2ccccc2Cl)c1. The molecule has 6 nitrogen and oxygen atoms in total. The Balaban J connectivity index is 1.46. The fourth-order valence-corrected chi connectivity index (χ4v) is 3.77. The molecule has 1 aromatic heterocycles. The van der Waals surface area contributed by atoms with Crippen molar-refractivity contribution in [1.29, 1.82) is 0 Å². The van der Waals surface area contributed by atoms with Crippen LogP contribution in [0.25, 0.3) is 11.4 Å². The molecule has 0 saturated carbocycles. The number of nitrogens with zero attached hydrogens (tertiary/aromatic N) is 3. The van der Waals surface area contributed by atoms with Gasteiger partial charge in [-0.1, -0.05) is 71.7 Å². The zero-order valence-corrected chi connectivity index (χ0v) is 20.0. The highest BCUT2D eigenvalue weighted by Gasteiger charge is 2.20. The quantitative estimate of drug-likeness (QED) is 0.283. The number of halogens is 1. The molecule has 0 spiro atoms. The summed E-state index contributed by atoms with van der Waals surface area (Å²) >= 11 is 6.21. The lowest BCUT2D eigenvalue weighted by atomic mass is 10.1. The number of aryl methyl sites for hydroxylation is 1. The molecule has 0 aliphatic carbocycles. The highest BCUT2D eigenvalue weighted by atomic mass is 35.5. The molecule has 0 unspecified atom stereocenters. The van der Waals surface area contributed by atoms with Gasteiger partial charge in [-0.25, -0.2) is 0 Å². The summed E-state index contributed by atoms with van der Waals surface area (Å²) in [5.41, 5.74) is 3.41. The summed E-state index contributed by atoms with van der Waals surface area (Å²) < 4.78 is 11.3. The van der Waals surface area contributed by atoms with Crippen LogP contribution in [0.3, 0.4) is 0 Å². The Kier molecular flexibility index (Phi) is 7.60. The Morgan fingerprint density at radius 1 is 1.06 bits per heavy atom.